The highest BCUT2D eigenvalue weighted by molar-refractivity contribution is 5.71. The van der Waals surface area contributed by atoms with Crippen LogP contribution in [-0.4, -0.2) is 39.9 Å². The van der Waals surface area contributed by atoms with Gasteiger partial charge in [-0.3, -0.25) is 4.90 Å². The summed E-state index contributed by atoms with van der Waals surface area (Å²) in [5, 5.41) is 9.29. The summed E-state index contributed by atoms with van der Waals surface area (Å²) in [6, 6.07) is -0.0441. The lowest BCUT2D eigenvalue weighted by atomic mass is 10.2. The number of aliphatic hydroxyl groups excluding tert-OH is 1. The fraction of sp³-hybridized carbons (Fsp3) is 0.917. The molecule has 1 amide bonds. The number of ether oxygens (including phenoxy) is 1. The number of hydrogen-bond donors (Lipinski definition) is 1. The van der Waals surface area contributed by atoms with E-state index in [1.165, 1.54) is 0 Å². The molecule has 0 unspecified atom stereocenters. The third kappa shape index (κ3) is 2.03. The quantitative estimate of drug-likeness (QED) is 0.744. The largest absolute Gasteiger partial charge is 0.444 e. The molecule has 0 aromatic heterocycles. The van der Waals surface area contributed by atoms with Crippen molar-refractivity contribution in [2.24, 2.45) is 0 Å². The van der Waals surface area contributed by atoms with Crippen LogP contribution >= 0.6 is 0 Å². The minimum atomic E-state index is -0.463. The van der Waals surface area contributed by atoms with Crippen LogP contribution in [0.5, 0.6) is 0 Å². The summed E-state index contributed by atoms with van der Waals surface area (Å²) in [6.07, 6.45) is 3.76. The summed E-state index contributed by atoms with van der Waals surface area (Å²) < 4.78 is 5.41. The first-order valence-electron chi connectivity index (χ1n) is 6.01. The molecular weight excluding hydrogens is 206 g/mol. The zero-order valence-corrected chi connectivity index (χ0v) is 10.3. The Morgan fingerprint density at radius 3 is 2.50 bits per heavy atom. The number of carbonyl (C=O) groups excluding carboxylic acids is 1. The van der Waals surface area contributed by atoms with Crippen molar-refractivity contribution >= 4 is 6.09 Å². The molecule has 92 valence electrons. The normalized spacial score (nSPS) is 27.2. The number of carbonyl (C=O) groups is 1. The molecule has 1 N–H and O–H groups in total. The molecule has 16 heavy (non-hydrogen) atoms. The van der Waals surface area contributed by atoms with E-state index in [4.69, 9.17) is 4.74 Å². The third-order valence-corrected chi connectivity index (χ3v) is 3.45. The Kier molecular flexibility index (Phi) is 2.65. The zero-order valence-electron chi connectivity index (χ0n) is 10.3. The minimum Gasteiger partial charge on any atom is -0.444 e. The summed E-state index contributed by atoms with van der Waals surface area (Å²) in [6.45, 7) is 5.65. The van der Waals surface area contributed by atoms with Gasteiger partial charge in [0.1, 0.15) is 5.60 Å². The molecule has 1 aliphatic carbocycles. The van der Waals surface area contributed by atoms with Gasteiger partial charge in [0, 0.05) is 5.54 Å². The smallest absolute Gasteiger partial charge is 0.411 e. The number of likely N-dealkylation sites (tertiary alicyclic amines) is 1. The second kappa shape index (κ2) is 3.62. The van der Waals surface area contributed by atoms with Crippen LogP contribution in [0, 0.1) is 0 Å². The van der Waals surface area contributed by atoms with Crippen LogP contribution < -0.4 is 0 Å². The standard InChI is InChI=1S/C12H21NO3/c1-11(2,3)16-10(15)13-9(8-14)4-5-12(13)6-7-12/h9,14H,4-8H2,1-3H3/t9-/m1/s1. The predicted octanol–water partition coefficient (Wildman–Crippen LogP) is 1.91. The Bertz CT molecular complexity index is 291. The van der Waals surface area contributed by atoms with Gasteiger partial charge >= 0.3 is 6.09 Å². The predicted molar refractivity (Wildman–Crippen MR) is 60.1 cm³/mol. The summed E-state index contributed by atoms with van der Waals surface area (Å²) in [7, 11) is 0. The van der Waals surface area contributed by atoms with Crippen molar-refractivity contribution < 1.29 is 14.6 Å². The van der Waals surface area contributed by atoms with Crippen LogP contribution in [0.15, 0.2) is 0 Å². The van der Waals surface area contributed by atoms with E-state index in [1.54, 1.807) is 4.90 Å². The number of hydrogen-bond acceptors (Lipinski definition) is 3. The van der Waals surface area contributed by atoms with Gasteiger partial charge in [-0.15, -0.1) is 0 Å². The molecule has 0 bridgehead atoms. The van der Waals surface area contributed by atoms with Crippen molar-refractivity contribution in [1.82, 2.24) is 4.90 Å². The zero-order chi connectivity index (χ0) is 12.0. The lowest BCUT2D eigenvalue weighted by Gasteiger charge is -2.32. The topological polar surface area (TPSA) is 49.8 Å². The van der Waals surface area contributed by atoms with E-state index in [9.17, 15) is 9.90 Å². The van der Waals surface area contributed by atoms with Crippen LogP contribution in [0.25, 0.3) is 0 Å². The van der Waals surface area contributed by atoms with Crippen molar-refractivity contribution in [2.45, 2.75) is 63.6 Å². The molecule has 0 aromatic carbocycles. The second-order valence-electron chi connectivity index (χ2n) is 5.95. The fourth-order valence-electron chi connectivity index (χ4n) is 2.53. The molecule has 1 atom stereocenters. The molecule has 1 spiro atoms. The summed E-state index contributed by atoms with van der Waals surface area (Å²) in [4.78, 5) is 13.9. The van der Waals surface area contributed by atoms with Gasteiger partial charge in [0.05, 0.1) is 12.6 Å². The van der Waals surface area contributed by atoms with Crippen molar-refractivity contribution in [3.63, 3.8) is 0 Å². The SMILES string of the molecule is CC(C)(C)OC(=O)N1[C@@H](CO)CCC12CC2. The Balaban J connectivity index is 2.08. The van der Waals surface area contributed by atoms with Gasteiger partial charge in [-0.05, 0) is 46.5 Å². The van der Waals surface area contributed by atoms with Crippen LogP contribution in [-0.2, 0) is 4.74 Å². The van der Waals surface area contributed by atoms with Crippen molar-refractivity contribution in [3.8, 4) is 0 Å². The first-order chi connectivity index (χ1) is 7.38. The van der Waals surface area contributed by atoms with E-state index in [2.05, 4.69) is 0 Å². The fourth-order valence-corrected chi connectivity index (χ4v) is 2.53. The van der Waals surface area contributed by atoms with Crippen molar-refractivity contribution in [1.29, 1.82) is 0 Å². The maximum atomic E-state index is 12.1. The first-order valence-corrected chi connectivity index (χ1v) is 6.01. The van der Waals surface area contributed by atoms with E-state index in [1.807, 2.05) is 20.8 Å². The first kappa shape index (κ1) is 11.7. The van der Waals surface area contributed by atoms with Crippen LogP contribution in [0.4, 0.5) is 4.79 Å². The number of amides is 1. The second-order valence-corrected chi connectivity index (χ2v) is 5.95. The molecular formula is C12H21NO3. The summed E-state index contributed by atoms with van der Waals surface area (Å²) >= 11 is 0. The van der Waals surface area contributed by atoms with Gasteiger partial charge in [0.25, 0.3) is 0 Å². The van der Waals surface area contributed by atoms with Crippen molar-refractivity contribution in [2.75, 3.05) is 6.61 Å². The third-order valence-electron chi connectivity index (χ3n) is 3.45. The minimum absolute atomic E-state index is 0.0235. The van der Waals surface area contributed by atoms with E-state index >= 15 is 0 Å². The van der Waals surface area contributed by atoms with Crippen LogP contribution in [0.2, 0.25) is 0 Å². The van der Waals surface area contributed by atoms with Gasteiger partial charge < -0.3 is 9.84 Å². The van der Waals surface area contributed by atoms with Gasteiger partial charge in [0.2, 0.25) is 0 Å². The molecule has 4 heteroatoms. The van der Waals surface area contributed by atoms with Crippen LogP contribution in [0.3, 0.4) is 0 Å². The highest BCUT2D eigenvalue weighted by Gasteiger charge is 2.57. The lowest BCUT2D eigenvalue weighted by Crippen LogP contribution is -2.46. The number of rotatable bonds is 1. The van der Waals surface area contributed by atoms with Gasteiger partial charge in [-0.2, -0.15) is 0 Å². The molecule has 1 saturated heterocycles. The molecule has 2 aliphatic rings. The Hall–Kier alpha value is -0.770. The van der Waals surface area contributed by atoms with E-state index in [-0.39, 0.29) is 24.3 Å². The molecule has 4 nitrogen and oxygen atoms in total. The maximum Gasteiger partial charge on any atom is 0.411 e. The summed E-state index contributed by atoms with van der Waals surface area (Å²) in [5.74, 6) is 0. The van der Waals surface area contributed by atoms with Gasteiger partial charge in [0.15, 0.2) is 0 Å². The Morgan fingerprint density at radius 1 is 1.44 bits per heavy atom. The molecule has 1 heterocycles. The molecule has 0 aromatic rings. The maximum absolute atomic E-state index is 12.1. The molecule has 2 rings (SSSR count). The highest BCUT2D eigenvalue weighted by Crippen LogP contribution is 2.52. The van der Waals surface area contributed by atoms with E-state index in [0.29, 0.717) is 0 Å². The molecule has 0 radical (unpaired) electrons. The summed E-state index contributed by atoms with van der Waals surface area (Å²) in [5.41, 5.74) is -0.439. The lowest BCUT2D eigenvalue weighted by molar-refractivity contribution is 0.00610. The molecule has 2 fully saturated rings. The van der Waals surface area contributed by atoms with E-state index in [0.717, 1.165) is 25.7 Å². The number of nitrogens with zero attached hydrogens (tertiary/aromatic N) is 1. The van der Waals surface area contributed by atoms with E-state index < -0.39 is 5.60 Å². The Morgan fingerprint density at radius 2 is 2.06 bits per heavy atom. The van der Waals surface area contributed by atoms with Gasteiger partial charge in [-0.25, -0.2) is 4.79 Å². The molecule has 1 saturated carbocycles. The van der Waals surface area contributed by atoms with Crippen molar-refractivity contribution in [3.05, 3.63) is 0 Å². The van der Waals surface area contributed by atoms with Gasteiger partial charge in [-0.1, -0.05) is 0 Å². The average molecular weight is 227 g/mol. The monoisotopic (exact) mass is 227 g/mol. The Labute approximate surface area is 96.6 Å². The average Bonchev–Trinajstić information content (AvgIpc) is 2.76. The molecule has 1 aliphatic heterocycles. The van der Waals surface area contributed by atoms with Crippen LogP contribution in [0.1, 0.15) is 46.5 Å². The highest BCUT2D eigenvalue weighted by atomic mass is 16.6. The number of aliphatic hydroxyl groups is 1.